The van der Waals surface area contributed by atoms with Crippen LogP contribution in [0.3, 0.4) is 0 Å². The molecular weight excluding hydrogens is 110 g/mol. The Morgan fingerprint density at radius 2 is 2.43 bits per heavy atom. The van der Waals surface area contributed by atoms with E-state index in [1.165, 1.54) is 0 Å². The largest absolute Gasteiger partial charge is 0.290 e. The molecule has 0 unspecified atom stereocenters. The topological polar surface area (TPSA) is 32.3 Å². The van der Waals surface area contributed by atoms with Crippen LogP contribution in [0.25, 0.3) is 0 Å². The lowest BCUT2D eigenvalue weighted by atomic mass is 10.5. The molecule has 0 aliphatic rings. The highest BCUT2D eigenvalue weighted by Gasteiger charge is 1.76. The molecule has 0 aliphatic carbocycles. The second-order valence-electron chi connectivity index (χ2n) is 0.976. The number of nitrogens with one attached hydrogen (secondary N) is 1. The second-order valence-corrected chi connectivity index (χ2v) is 1.42. The summed E-state index contributed by atoms with van der Waals surface area (Å²) in [7, 11) is 0. The molecule has 0 atom stereocenters. The molecule has 40 valence electrons. The van der Waals surface area contributed by atoms with Gasteiger partial charge in [-0.2, -0.15) is 0 Å². The van der Waals surface area contributed by atoms with Crippen LogP contribution in [-0.4, -0.2) is 10.2 Å². The van der Waals surface area contributed by atoms with Crippen molar-refractivity contribution in [3.05, 3.63) is 12.2 Å². The third-order valence-corrected chi connectivity index (χ3v) is 0.656. The zero-order valence-corrected chi connectivity index (χ0v) is 4.83. The minimum absolute atomic E-state index is 0.336. The fourth-order valence-corrected chi connectivity index (χ4v) is 0.325. The molecule has 0 heterocycles. The first-order valence-corrected chi connectivity index (χ1v) is 2.29. The van der Waals surface area contributed by atoms with Crippen molar-refractivity contribution in [2.75, 3.05) is 0 Å². The molecule has 7 heavy (non-hydrogen) atoms. The van der Waals surface area contributed by atoms with Crippen molar-refractivity contribution in [1.82, 2.24) is 5.48 Å². The minimum Gasteiger partial charge on any atom is -0.290 e. The van der Waals surface area contributed by atoms with Crippen molar-refractivity contribution in [3.63, 3.8) is 0 Å². The van der Waals surface area contributed by atoms with Gasteiger partial charge in [-0.05, 0) is 13.0 Å². The van der Waals surface area contributed by atoms with Crippen molar-refractivity contribution in [2.24, 2.45) is 0 Å². The van der Waals surface area contributed by atoms with Gasteiger partial charge in [0.1, 0.15) is 4.99 Å². The van der Waals surface area contributed by atoms with Gasteiger partial charge < -0.3 is 0 Å². The predicted octanol–water partition coefficient (Wildman–Crippen LogP) is 0.869. The summed E-state index contributed by atoms with van der Waals surface area (Å²) in [5.41, 5.74) is 1.81. The van der Waals surface area contributed by atoms with Gasteiger partial charge in [0, 0.05) is 0 Å². The van der Waals surface area contributed by atoms with E-state index in [0.29, 0.717) is 4.99 Å². The van der Waals surface area contributed by atoms with E-state index in [-0.39, 0.29) is 0 Å². The normalized spacial score (nSPS) is 9.43. The Labute approximate surface area is 47.8 Å². The Kier molecular flexibility index (Phi) is 3.55. The Hall–Kier alpha value is -0.410. The van der Waals surface area contributed by atoms with E-state index >= 15 is 0 Å². The van der Waals surface area contributed by atoms with Gasteiger partial charge in [0.25, 0.3) is 0 Å². The molecule has 0 bridgehead atoms. The lowest BCUT2D eigenvalue weighted by Crippen LogP contribution is -2.12. The molecule has 0 aromatic heterocycles. The molecule has 2 N–H and O–H groups in total. The van der Waals surface area contributed by atoms with Crippen molar-refractivity contribution >= 4 is 17.2 Å². The summed E-state index contributed by atoms with van der Waals surface area (Å²) >= 11 is 4.51. The molecule has 2 nitrogen and oxygen atoms in total. The smallest absolute Gasteiger partial charge is 0.123 e. The molecule has 0 amide bonds. The fourth-order valence-electron chi connectivity index (χ4n) is 0.189. The number of hydrogen-bond acceptors (Lipinski definition) is 2. The van der Waals surface area contributed by atoms with Crippen LogP contribution in [0.15, 0.2) is 12.2 Å². The van der Waals surface area contributed by atoms with Gasteiger partial charge in [-0.1, -0.05) is 18.3 Å². The van der Waals surface area contributed by atoms with Gasteiger partial charge in [0.2, 0.25) is 0 Å². The van der Waals surface area contributed by atoms with Crippen LogP contribution in [0.5, 0.6) is 0 Å². The van der Waals surface area contributed by atoms with Gasteiger partial charge in [-0.25, -0.2) is 0 Å². The van der Waals surface area contributed by atoms with Crippen LogP contribution < -0.4 is 5.48 Å². The van der Waals surface area contributed by atoms with Crippen LogP contribution in [0.2, 0.25) is 0 Å². The maximum Gasteiger partial charge on any atom is 0.123 e. The number of hydrogen-bond donors (Lipinski definition) is 2. The third-order valence-electron chi connectivity index (χ3n) is 0.428. The van der Waals surface area contributed by atoms with E-state index in [4.69, 9.17) is 5.21 Å². The van der Waals surface area contributed by atoms with E-state index in [9.17, 15) is 0 Å². The zero-order chi connectivity index (χ0) is 5.70. The SMILES string of the molecule is C/C=C/C(=S)NO. The molecule has 0 rings (SSSR count). The van der Waals surface area contributed by atoms with Gasteiger partial charge in [-0.3, -0.25) is 10.7 Å². The monoisotopic (exact) mass is 117 g/mol. The summed E-state index contributed by atoms with van der Waals surface area (Å²) in [6.07, 6.45) is 3.33. The average Bonchev–Trinajstić information content (AvgIpc) is 1.68. The summed E-state index contributed by atoms with van der Waals surface area (Å²) in [6, 6.07) is 0. The van der Waals surface area contributed by atoms with E-state index < -0.39 is 0 Å². The molecule has 3 heteroatoms. The van der Waals surface area contributed by atoms with Gasteiger partial charge in [0.15, 0.2) is 0 Å². The lowest BCUT2D eigenvalue weighted by molar-refractivity contribution is 0.238. The average molecular weight is 117 g/mol. The van der Waals surface area contributed by atoms with Crippen LogP contribution >= 0.6 is 12.2 Å². The van der Waals surface area contributed by atoms with E-state index in [2.05, 4.69) is 12.2 Å². The number of thiocarbonyl (C=S) groups is 1. The first-order chi connectivity index (χ1) is 3.31. The highest BCUT2D eigenvalue weighted by molar-refractivity contribution is 7.80. The first-order valence-electron chi connectivity index (χ1n) is 1.88. The Morgan fingerprint density at radius 1 is 1.86 bits per heavy atom. The van der Waals surface area contributed by atoms with Crippen LogP contribution in [-0.2, 0) is 0 Å². The highest BCUT2D eigenvalue weighted by atomic mass is 32.1. The molecule has 0 aliphatic heterocycles. The Bertz CT molecular complexity index is 89.7. The summed E-state index contributed by atoms with van der Waals surface area (Å²) in [4.78, 5) is 0.336. The second kappa shape index (κ2) is 3.77. The lowest BCUT2D eigenvalue weighted by Gasteiger charge is -1.87. The number of allylic oxidation sites excluding steroid dienone is 1. The van der Waals surface area contributed by atoms with Crippen molar-refractivity contribution < 1.29 is 5.21 Å². The molecule has 0 saturated heterocycles. The number of hydroxylamine groups is 1. The quantitative estimate of drug-likeness (QED) is 0.303. The van der Waals surface area contributed by atoms with E-state index in [1.807, 2.05) is 12.4 Å². The molecule has 0 spiro atoms. The summed E-state index contributed by atoms with van der Waals surface area (Å²) in [5, 5.41) is 8.02. The van der Waals surface area contributed by atoms with Gasteiger partial charge in [-0.15, -0.1) is 0 Å². The summed E-state index contributed by atoms with van der Waals surface area (Å²) in [6.45, 7) is 1.82. The van der Waals surface area contributed by atoms with Crippen molar-refractivity contribution in [2.45, 2.75) is 6.92 Å². The van der Waals surface area contributed by atoms with Gasteiger partial charge in [0.05, 0.1) is 0 Å². The fraction of sp³-hybridized carbons (Fsp3) is 0.250. The van der Waals surface area contributed by atoms with Crippen LogP contribution in [0, 0.1) is 0 Å². The molecule has 0 radical (unpaired) electrons. The van der Waals surface area contributed by atoms with E-state index in [1.54, 1.807) is 12.2 Å². The Balaban J connectivity index is 3.37. The maximum absolute atomic E-state index is 8.02. The highest BCUT2D eigenvalue weighted by Crippen LogP contribution is 1.71. The van der Waals surface area contributed by atoms with Crippen molar-refractivity contribution in [3.8, 4) is 0 Å². The summed E-state index contributed by atoms with van der Waals surface area (Å²) in [5.74, 6) is 0. The Morgan fingerprint density at radius 3 is 2.57 bits per heavy atom. The molecule has 0 aromatic carbocycles. The first kappa shape index (κ1) is 6.59. The number of rotatable bonds is 1. The molecule has 0 fully saturated rings. The molecule has 0 aromatic rings. The van der Waals surface area contributed by atoms with Gasteiger partial charge >= 0.3 is 0 Å². The van der Waals surface area contributed by atoms with Crippen LogP contribution in [0.4, 0.5) is 0 Å². The van der Waals surface area contributed by atoms with Crippen molar-refractivity contribution in [1.29, 1.82) is 0 Å². The third kappa shape index (κ3) is 3.42. The predicted molar refractivity (Wildman–Crippen MR) is 32.3 cm³/mol. The summed E-state index contributed by atoms with van der Waals surface area (Å²) < 4.78 is 0. The van der Waals surface area contributed by atoms with Crippen LogP contribution in [0.1, 0.15) is 6.92 Å². The zero-order valence-electron chi connectivity index (χ0n) is 4.01. The minimum atomic E-state index is 0.336. The molecular formula is C4H7NOS. The standard InChI is InChI=1S/C4H7NOS/c1-2-3-4(7)5-6/h2-3,6H,1H3,(H,5,7)/b3-2+. The van der Waals surface area contributed by atoms with E-state index in [0.717, 1.165) is 0 Å². The molecule has 0 saturated carbocycles. The maximum atomic E-state index is 8.02.